The minimum Gasteiger partial charge on any atom is -0.341 e. The highest BCUT2D eigenvalue weighted by Gasteiger charge is 2.26. The van der Waals surface area contributed by atoms with Gasteiger partial charge in [-0.15, -0.1) is 0 Å². The maximum Gasteiger partial charge on any atom is 0.349 e. The van der Waals surface area contributed by atoms with Crippen LogP contribution in [0.4, 0.5) is 5.82 Å². The molecule has 1 aromatic rings. The molecule has 0 fully saturated rings. The van der Waals surface area contributed by atoms with Crippen molar-refractivity contribution in [3.05, 3.63) is 18.1 Å². The maximum absolute atomic E-state index is 5.62. The summed E-state index contributed by atoms with van der Waals surface area (Å²) in [7, 11) is 0. The number of ether oxygens (including phenoxy) is 1. The summed E-state index contributed by atoms with van der Waals surface area (Å²) in [5.74, 6) is 1.07. The number of nitrogens with zero attached hydrogens (tertiary/aromatic N) is 2. The van der Waals surface area contributed by atoms with Crippen LogP contribution in [0.5, 0.6) is 0 Å². The molecule has 0 spiro atoms. The second-order valence-electron chi connectivity index (χ2n) is 2.81. The van der Waals surface area contributed by atoms with E-state index < -0.39 is 0 Å². The Morgan fingerprint density at radius 3 is 3.14 bits per heavy atom. The quantitative estimate of drug-likeness (QED) is 0.524. The molecule has 0 amide bonds. The predicted octanol–water partition coefficient (Wildman–Crippen LogP) is -1.67. The third-order valence-corrected chi connectivity index (χ3v) is 1.85. The van der Waals surface area contributed by atoms with Crippen molar-refractivity contribution in [2.24, 2.45) is 5.73 Å². The maximum atomic E-state index is 5.62. The predicted molar refractivity (Wildman–Crippen MR) is 50.2 cm³/mol. The molecule has 6 heteroatoms. The average molecular weight is 194 g/mol. The molecule has 1 aliphatic heterocycles. The number of aromatic nitrogens is 2. The molecule has 0 radical (unpaired) electrons. The molecule has 1 aliphatic rings. The van der Waals surface area contributed by atoms with Crippen LogP contribution in [0.3, 0.4) is 0 Å². The van der Waals surface area contributed by atoms with Gasteiger partial charge in [-0.2, -0.15) is 0 Å². The summed E-state index contributed by atoms with van der Waals surface area (Å²) in [6.45, 7) is 2.50. The molecule has 0 aliphatic carbocycles. The molecular formula is C8H12N5O+. The third-order valence-electron chi connectivity index (χ3n) is 1.85. The van der Waals surface area contributed by atoms with Crippen molar-refractivity contribution in [2.75, 3.05) is 11.9 Å². The zero-order valence-electron chi connectivity index (χ0n) is 7.82. The Labute approximate surface area is 81.2 Å². The molecule has 4 N–H and O–H groups in total. The minimum absolute atomic E-state index is 0.315. The summed E-state index contributed by atoms with van der Waals surface area (Å²) in [6.07, 6.45) is 2.91. The van der Waals surface area contributed by atoms with Crippen molar-refractivity contribution in [1.82, 2.24) is 9.97 Å². The number of hydrogen-bond donors (Lipinski definition) is 3. The van der Waals surface area contributed by atoms with Gasteiger partial charge in [-0.05, 0) is 6.92 Å². The van der Waals surface area contributed by atoms with E-state index in [1.165, 1.54) is 0 Å². The van der Waals surface area contributed by atoms with E-state index in [0.29, 0.717) is 18.4 Å². The van der Waals surface area contributed by atoms with Crippen LogP contribution in [0.25, 0.3) is 0 Å². The first-order valence-corrected chi connectivity index (χ1v) is 4.39. The van der Waals surface area contributed by atoms with Gasteiger partial charge in [0.25, 0.3) is 0 Å². The number of rotatable bonds is 2. The summed E-state index contributed by atoms with van der Waals surface area (Å²) in [4.78, 5) is 11.2. The summed E-state index contributed by atoms with van der Waals surface area (Å²) < 4.78 is 5.43. The van der Waals surface area contributed by atoms with Gasteiger partial charge < -0.3 is 4.74 Å². The Hall–Kier alpha value is -1.69. The highest BCUT2D eigenvalue weighted by molar-refractivity contribution is 5.88. The van der Waals surface area contributed by atoms with Crippen LogP contribution < -0.4 is 16.0 Å². The van der Waals surface area contributed by atoms with Crippen molar-refractivity contribution in [2.45, 2.75) is 13.2 Å². The van der Waals surface area contributed by atoms with Crippen molar-refractivity contribution in [1.29, 1.82) is 0 Å². The summed E-state index contributed by atoms with van der Waals surface area (Å²) in [5, 5.41) is 2.88. The number of anilines is 1. The molecule has 14 heavy (non-hydrogen) atoms. The van der Waals surface area contributed by atoms with Gasteiger partial charge in [-0.1, -0.05) is 0 Å². The van der Waals surface area contributed by atoms with Crippen LogP contribution in [-0.4, -0.2) is 22.5 Å². The van der Waals surface area contributed by atoms with Gasteiger partial charge in [-0.25, -0.2) is 20.3 Å². The molecule has 6 nitrogen and oxygen atoms in total. The van der Waals surface area contributed by atoms with E-state index in [4.69, 9.17) is 10.5 Å². The molecule has 2 heterocycles. The Balaban J connectivity index is 2.35. The molecule has 1 aromatic heterocycles. The van der Waals surface area contributed by atoms with Gasteiger partial charge in [0.05, 0.1) is 0 Å². The Morgan fingerprint density at radius 1 is 1.57 bits per heavy atom. The van der Waals surface area contributed by atoms with E-state index in [-0.39, 0.29) is 6.23 Å². The van der Waals surface area contributed by atoms with Crippen molar-refractivity contribution >= 4 is 11.8 Å². The summed E-state index contributed by atoms with van der Waals surface area (Å²) >= 11 is 0. The largest absolute Gasteiger partial charge is 0.349 e. The van der Waals surface area contributed by atoms with E-state index in [2.05, 4.69) is 20.3 Å². The van der Waals surface area contributed by atoms with E-state index >= 15 is 0 Å². The standard InChI is InChI=1S/C8H11N5O/c1-2-14-7-5-6(11-4-3-10-5)12-8(9)13-7/h3-4,7H,2H2,1H3,(H3,9,11,12,13)/p+1. The number of guanidine groups is 1. The van der Waals surface area contributed by atoms with Crippen LogP contribution in [0.2, 0.25) is 0 Å². The smallest absolute Gasteiger partial charge is 0.341 e. The van der Waals surface area contributed by atoms with Crippen LogP contribution in [0.1, 0.15) is 18.8 Å². The van der Waals surface area contributed by atoms with E-state index in [1.807, 2.05) is 6.92 Å². The van der Waals surface area contributed by atoms with E-state index in [0.717, 1.165) is 5.69 Å². The lowest BCUT2D eigenvalue weighted by Crippen LogP contribution is -2.81. The second-order valence-corrected chi connectivity index (χ2v) is 2.81. The molecule has 2 rings (SSSR count). The number of hydrogen-bond acceptors (Lipinski definition) is 5. The monoisotopic (exact) mass is 194 g/mol. The Morgan fingerprint density at radius 2 is 2.36 bits per heavy atom. The van der Waals surface area contributed by atoms with Gasteiger partial charge in [0.2, 0.25) is 12.0 Å². The molecule has 0 aromatic carbocycles. The highest BCUT2D eigenvalue weighted by atomic mass is 16.5. The average Bonchev–Trinajstić information content (AvgIpc) is 2.18. The van der Waals surface area contributed by atoms with E-state index in [9.17, 15) is 0 Å². The third kappa shape index (κ3) is 1.51. The molecule has 0 saturated carbocycles. The van der Waals surface area contributed by atoms with Crippen LogP contribution in [0.15, 0.2) is 12.4 Å². The lowest BCUT2D eigenvalue weighted by molar-refractivity contribution is -0.573. The molecule has 0 bridgehead atoms. The van der Waals surface area contributed by atoms with Crippen molar-refractivity contribution in [3.63, 3.8) is 0 Å². The fraction of sp³-hybridized carbons (Fsp3) is 0.375. The van der Waals surface area contributed by atoms with Gasteiger partial charge in [-0.3, -0.25) is 5.73 Å². The molecule has 1 atom stereocenters. The van der Waals surface area contributed by atoms with Crippen LogP contribution in [-0.2, 0) is 4.74 Å². The highest BCUT2D eigenvalue weighted by Crippen LogP contribution is 2.16. The topological polar surface area (TPSA) is 87.0 Å². The molecule has 1 unspecified atom stereocenters. The number of nitrogens with one attached hydrogen (secondary N) is 2. The zero-order valence-corrected chi connectivity index (χ0v) is 7.82. The van der Waals surface area contributed by atoms with E-state index in [1.54, 1.807) is 12.4 Å². The fourth-order valence-electron chi connectivity index (χ4n) is 1.30. The normalized spacial score (nSPS) is 19.5. The second kappa shape index (κ2) is 3.59. The number of nitrogens with two attached hydrogens (primary N) is 1. The van der Waals surface area contributed by atoms with Crippen molar-refractivity contribution < 1.29 is 9.73 Å². The van der Waals surface area contributed by atoms with Crippen LogP contribution >= 0.6 is 0 Å². The number of fused-ring (bicyclic) bond motifs is 1. The lowest BCUT2D eigenvalue weighted by Gasteiger charge is -2.16. The first kappa shape index (κ1) is 8.89. The zero-order chi connectivity index (χ0) is 9.97. The van der Waals surface area contributed by atoms with Crippen LogP contribution in [0, 0.1) is 0 Å². The first-order chi connectivity index (χ1) is 6.81. The Bertz CT molecular complexity index is 365. The van der Waals surface area contributed by atoms with Gasteiger partial charge in [0, 0.05) is 19.0 Å². The lowest BCUT2D eigenvalue weighted by atomic mass is 10.3. The van der Waals surface area contributed by atoms with Crippen molar-refractivity contribution in [3.8, 4) is 0 Å². The molecule has 0 saturated heterocycles. The Kier molecular flexibility index (Phi) is 2.28. The first-order valence-electron chi connectivity index (χ1n) is 4.39. The SMILES string of the molecule is CCOC1[NH+]=C(N)Nc2nccnc21. The summed E-state index contributed by atoms with van der Waals surface area (Å²) in [6, 6.07) is 0. The van der Waals surface area contributed by atoms with Gasteiger partial charge in [0.15, 0.2) is 5.69 Å². The molecular weight excluding hydrogens is 182 g/mol. The van der Waals surface area contributed by atoms with Gasteiger partial charge in [0.1, 0.15) is 0 Å². The summed E-state index contributed by atoms with van der Waals surface area (Å²) in [5.41, 5.74) is 6.34. The fourth-order valence-corrected chi connectivity index (χ4v) is 1.30. The van der Waals surface area contributed by atoms with Gasteiger partial charge >= 0.3 is 5.96 Å². The minimum atomic E-state index is -0.315. The molecule has 74 valence electrons.